The molecule has 2 atom stereocenters. The van der Waals surface area contributed by atoms with E-state index < -0.39 is 17.9 Å². The van der Waals surface area contributed by atoms with Crippen molar-refractivity contribution in [3.63, 3.8) is 0 Å². The topological polar surface area (TPSA) is 96.5 Å². The third-order valence-corrected chi connectivity index (χ3v) is 5.60. The number of benzene rings is 3. The first-order chi connectivity index (χ1) is 17.5. The summed E-state index contributed by atoms with van der Waals surface area (Å²) in [6, 6.07) is 25.6. The number of ether oxygens (including phenoxy) is 1. The normalized spacial score (nSPS) is 12.5. The minimum absolute atomic E-state index is 0.0152. The van der Waals surface area contributed by atoms with Crippen molar-refractivity contribution in [2.75, 3.05) is 20.2 Å². The summed E-state index contributed by atoms with van der Waals surface area (Å²) in [5.41, 5.74) is 3.47. The van der Waals surface area contributed by atoms with Crippen LogP contribution in [0.5, 0.6) is 0 Å². The molecule has 0 fully saturated rings. The van der Waals surface area contributed by atoms with E-state index in [4.69, 9.17) is 4.74 Å². The lowest BCUT2D eigenvalue weighted by Gasteiger charge is -2.18. The largest absolute Gasteiger partial charge is 0.467 e. The van der Waals surface area contributed by atoms with Gasteiger partial charge in [0, 0.05) is 18.2 Å². The Bertz CT molecular complexity index is 1160. The maximum Gasteiger partial charge on any atom is 0.330 e. The summed E-state index contributed by atoms with van der Waals surface area (Å²) in [6.45, 7) is 1.94. The zero-order chi connectivity index (χ0) is 25.8. The predicted octanol–water partition coefficient (Wildman–Crippen LogP) is 3.60. The van der Waals surface area contributed by atoms with Crippen LogP contribution in [0, 0.1) is 0 Å². The van der Waals surface area contributed by atoms with Crippen LogP contribution in [0.25, 0.3) is 12.2 Å². The highest BCUT2D eigenvalue weighted by atomic mass is 16.5. The highest BCUT2D eigenvalue weighted by molar-refractivity contribution is 5.97. The van der Waals surface area contributed by atoms with Crippen molar-refractivity contribution in [1.29, 1.82) is 0 Å². The summed E-state index contributed by atoms with van der Waals surface area (Å²) < 4.78 is 4.80. The molecule has 3 N–H and O–H groups in total. The SMILES string of the molecule is COC(=O)[C@H](CNC(=O)CN[C@@H](C)c1ccccc1)NC(=O)c1ccc(/C=C/c2ccccc2)cc1. The van der Waals surface area contributed by atoms with Gasteiger partial charge in [0.1, 0.15) is 6.04 Å². The van der Waals surface area contributed by atoms with Crippen LogP contribution in [0.15, 0.2) is 84.9 Å². The molecule has 3 aromatic rings. The van der Waals surface area contributed by atoms with Crippen molar-refractivity contribution in [2.45, 2.75) is 19.0 Å². The van der Waals surface area contributed by atoms with Crippen molar-refractivity contribution in [3.05, 3.63) is 107 Å². The van der Waals surface area contributed by atoms with Crippen molar-refractivity contribution in [2.24, 2.45) is 0 Å². The third kappa shape index (κ3) is 8.21. The molecule has 0 aliphatic heterocycles. The van der Waals surface area contributed by atoms with Gasteiger partial charge >= 0.3 is 5.97 Å². The van der Waals surface area contributed by atoms with Crippen LogP contribution >= 0.6 is 0 Å². The van der Waals surface area contributed by atoms with E-state index in [9.17, 15) is 14.4 Å². The van der Waals surface area contributed by atoms with E-state index in [1.165, 1.54) is 7.11 Å². The summed E-state index contributed by atoms with van der Waals surface area (Å²) in [4.78, 5) is 37.2. The fourth-order valence-electron chi connectivity index (χ4n) is 3.46. The fourth-order valence-corrected chi connectivity index (χ4v) is 3.46. The van der Waals surface area contributed by atoms with Crippen LogP contribution in [0.3, 0.4) is 0 Å². The van der Waals surface area contributed by atoms with Gasteiger partial charge in [0.25, 0.3) is 5.91 Å². The number of carbonyl (C=O) groups excluding carboxylic acids is 3. The Morgan fingerprint density at radius 1 is 0.833 bits per heavy atom. The molecule has 0 heterocycles. The van der Waals surface area contributed by atoms with E-state index in [1.807, 2.05) is 91.9 Å². The molecule has 0 radical (unpaired) electrons. The van der Waals surface area contributed by atoms with Crippen LogP contribution < -0.4 is 16.0 Å². The smallest absolute Gasteiger partial charge is 0.330 e. The van der Waals surface area contributed by atoms with Gasteiger partial charge in [-0.15, -0.1) is 0 Å². The minimum atomic E-state index is -1.02. The van der Waals surface area contributed by atoms with Gasteiger partial charge < -0.3 is 20.7 Å². The van der Waals surface area contributed by atoms with Gasteiger partial charge in [0.05, 0.1) is 13.7 Å². The maximum atomic E-state index is 12.7. The third-order valence-electron chi connectivity index (χ3n) is 5.60. The standard InChI is InChI=1S/C29H31N3O4/c1-21(24-11-7-4-8-12-24)30-20-27(33)31-19-26(29(35)36-2)32-28(34)25-17-15-23(16-18-25)14-13-22-9-5-3-6-10-22/h3-18,21,26,30H,19-20H2,1-2H3,(H,31,33)(H,32,34)/b14-13+/t21-,26-/m0/s1. The minimum Gasteiger partial charge on any atom is -0.467 e. The Kier molecular flexibility index (Phi) is 9.97. The molecule has 7 heteroatoms. The number of esters is 1. The fraction of sp³-hybridized carbons (Fsp3) is 0.207. The van der Waals surface area contributed by atoms with Gasteiger partial charge in [0.15, 0.2) is 0 Å². The molecule has 0 bridgehead atoms. The Morgan fingerprint density at radius 3 is 2.03 bits per heavy atom. The molecule has 0 aliphatic rings. The molecule has 7 nitrogen and oxygen atoms in total. The van der Waals surface area contributed by atoms with Gasteiger partial charge in [-0.25, -0.2) is 4.79 Å². The summed E-state index contributed by atoms with van der Waals surface area (Å²) in [5.74, 6) is -1.37. The number of nitrogens with one attached hydrogen (secondary N) is 3. The molecule has 0 aromatic heterocycles. The van der Waals surface area contributed by atoms with Gasteiger partial charge in [-0.1, -0.05) is 84.9 Å². The lowest BCUT2D eigenvalue weighted by Crippen LogP contribution is -2.50. The average molecular weight is 486 g/mol. The van der Waals surface area contributed by atoms with Gasteiger partial charge in [-0.3, -0.25) is 9.59 Å². The first-order valence-corrected chi connectivity index (χ1v) is 11.7. The van der Waals surface area contributed by atoms with Crippen LogP contribution in [0.1, 0.15) is 40.0 Å². The summed E-state index contributed by atoms with van der Waals surface area (Å²) in [7, 11) is 1.24. The Morgan fingerprint density at radius 2 is 1.42 bits per heavy atom. The second-order valence-corrected chi connectivity index (χ2v) is 8.23. The van der Waals surface area contributed by atoms with Crippen molar-refractivity contribution in [1.82, 2.24) is 16.0 Å². The average Bonchev–Trinajstić information content (AvgIpc) is 2.93. The molecule has 36 heavy (non-hydrogen) atoms. The van der Waals surface area contributed by atoms with E-state index in [0.29, 0.717) is 5.56 Å². The second kappa shape index (κ2) is 13.6. The molecule has 2 amide bonds. The summed E-state index contributed by atoms with van der Waals surface area (Å²) in [5, 5.41) is 8.45. The van der Waals surface area contributed by atoms with Crippen molar-refractivity contribution < 1.29 is 19.1 Å². The highest BCUT2D eigenvalue weighted by Gasteiger charge is 2.23. The Hall–Kier alpha value is -4.23. The van der Waals surface area contributed by atoms with Crippen molar-refractivity contribution >= 4 is 29.9 Å². The van der Waals surface area contributed by atoms with Gasteiger partial charge in [-0.2, -0.15) is 0 Å². The molecular weight excluding hydrogens is 454 g/mol. The Balaban J connectivity index is 1.51. The molecule has 0 aliphatic carbocycles. The van der Waals surface area contributed by atoms with E-state index in [2.05, 4.69) is 16.0 Å². The molecule has 186 valence electrons. The van der Waals surface area contributed by atoms with Crippen LogP contribution in [0.2, 0.25) is 0 Å². The van der Waals surface area contributed by atoms with Gasteiger partial charge in [-0.05, 0) is 35.7 Å². The summed E-state index contributed by atoms with van der Waals surface area (Å²) >= 11 is 0. The van der Waals surface area contributed by atoms with Crippen LogP contribution in [-0.4, -0.2) is 44.0 Å². The van der Waals surface area contributed by atoms with E-state index in [-0.39, 0.29) is 25.0 Å². The number of hydrogen-bond donors (Lipinski definition) is 3. The van der Waals surface area contributed by atoms with E-state index >= 15 is 0 Å². The molecule has 3 aromatic carbocycles. The number of hydrogen-bond acceptors (Lipinski definition) is 5. The lowest BCUT2D eigenvalue weighted by molar-refractivity contribution is -0.142. The molecule has 0 saturated carbocycles. The summed E-state index contributed by atoms with van der Waals surface area (Å²) in [6.07, 6.45) is 3.94. The first kappa shape index (κ1) is 26.4. The predicted molar refractivity (Wildman–Crippen MR) is 141 cm³/mol. The number of carbonyl (C=O) groups is 3. The number of amides is 2. The molecule has 0 unspecified atom stereocenters. The lowest BCUT2D eigenvalue weighted by atomic mass is 10.1. The molecule has 3 rings (SSSR count). The molecule has 0 spiro atoms. The number of rotatable bonds is 11. The van der Waals surface area contributed by atoms with E-state index in [1.54, 1.807) is 12.1 Å². The van der Waals surface area contributed by atoms with Crippen LogP contribution in [-0.2, 0) is 14.3 Å². The Labute approximate surface area is 211 Å². The maximum absolute atomic E-state index is 12.7. The molecular formula is C29H31N3O4. The first-order valence-electron chi connectivity index (χ1n) is 11.7. The number of methoxy groups -OCH3 is 1. The molecule has 0 saturated heterocycles. The van der Waals surface area contributed by atoms with Crippen LogP contribution in [0.4, 0.5) is 0 Å². The van der Waals surface area contributed by atoms with E-state index in [0.717, 1.165) is 16.7 Å². The zero-order valence-electron chi connectivity index (χ0n) is 20.4. The monoisotopic (exact) mass is 485 g/mol. The van der Waals surface area contributed by atoms with Gasteiger partial charge in [0.2, 0.25) is 5.91 Å². The van der Waals surface area contributed by atoms with Crippen molar-refractivity contribution in [3.8, 4) is 0 Å². The highest BCUT2D eigenvalue weighted by Crippen LogP contribution is 2.11. The second-order valence-electron chi connectivity index (χ2n) is 8.23. The zero-order valence-corrected chi connectivity index (χ0v) is 20.4. The quantitative estimate of drug-likeness (QED) is 0.285.